The number of benzene rings is 1. The van der Waals surface area contributed by atoms with Crippen molar-refractivity contribution < 1.29 is 14.3 Å². The maximum atomic E-state index is 12.0. The first kappa shape index (κ1) is 25.9. The summed E-state index contributed by atoms with van der Waals surface area (Å²) >= 11 is 0. The lowest BCUT2D eigenvalue weighted by Crippen LogP contribution is -2.38. The van der Waals surface area contributed by atoms with Gasteiger partial charge in [-0.3, -0.25) is 4.79 Å². The van der Waals surface area contributed by atoms with Crippen LogP contribution in [0.2, 0.25) is 0 Å². The normalized spacial score (nSPS) is 18.9. The maximum absolute atomic E-state index is 12.0. The molecule has 1 amide bonds. The minimum absolute atomic E-state index is 0. The van der Waals surface area contributed by atoms with E-state index in [1.807, 2.05) is 17.0 Å². The van der Waals surface area contributed by atoms with Crippen LogP contribution >= 0.6 is 24.0 Å². The molecule has 1 unspecified atom stereocenters. The quantitative estimate of drug-likeness (QED) is 0.194. The molecule has 0 aromatic heterocycles. The second-order valence-corrected chi connectivity index (χ2v) is 7.97. The lowest BCUT2D eigenvalue weighted by atomic mass is 10.1. The predicted molar refractivity (Wildman–Crippen MR) is 134 cm³/mol. The highest BCUT2D eigenvalue weighted by Crippen LogP contribution is 2.18. The molecule has 1 aromatic carbocycles. The van der Waals surface area contributed by atoms with Crippen molar-refractivity contribution in [1.29, 1.82) is 0 Å². The SMILES string of the molecule is CCNC(=NCc1ccccc1CN1CCCC1=O)NCCCOCC1CCOC1.I. The molecule has 0 radical (unpaired) electrons. The molecule has 2 aliphatic rings. The van der Waals surface area contributed by atoms with Crippen LogP contribution in [-0.4, -0.2) is 62.8 Å². The zero-order valence-electron chi connectivity index (χ0n) is 18.6. The molecule has 1 atom stereocenters. The van der Waals surface area contributed by atoms with Crippen LogP contribution in [0.15, 0.2) is 29.3 Å². The summed E-state index contributed by atoms with van der Waals surface area (Å²) in [6, 6.07) is 8.27. The monoisotopic (exact) mass is 544 g/mol. The fourth-order valence-corrected chi connectivity index (χ4v) is 3.79. The van der Waals surface area contributed by atoms with Gasteiger partial charge in [-0.25, -0.2) is 4.99 Å². The van der Waals surface area contributed by atoms with Gasteiger partial charge in [0.25, 0.3) is 0 Å². The number of guanidine groups is 1. The molecule has 0 spiro atoms. The van der Waals surface area contributed by atoms with Gasteiger partial charge in [0, 0.05) is 51.7 Å². The van der Waals surface area contributed by atoms with Gasteiger partial charge in [-0.15, -0.1) is 24.0 Å². The largest absolute Gasteiger partial charge is 0.381 e. The molecule has 2 heterocycles. The van der Waals surface area contributed by atoms with E-state index in [4.69, 9.17) is 14.5 Å². The molecule has 8 heteroatoms. The van der Waals surface area contributed by atoms with E-state index in [-0.39, 0.29) is 29.9 Å². The summed E-state index contributed by atoms with van der Waals surface area (Å²) in [5.41, 5.74) is 2.34. The minimum Gasteiger partial charge on any atom is -0.381 e. The van der Waals surface area contributed by atoms with E-state index in [1.165, 1.54) is 5.56 Å². The number of halogens is 1. The standard InChI is InChI=1S/C23H36N4O3.HI/c1-2-24-23(25-11-6-13-29-17-19-10-14-30-18-19)26-15-20-7-3-4-8-21(20)16-27-12-5-9-22(27)28;/h3-4,7-8,19H,2,5-6,9-18H2,1H3,(H2,24,25,26);1H. The second kappa shape index (κ2) is 14.6. The van der Waals surface area contributed by atoms with Crippen LogP contribution in [0.3, 0.4) is 0 Å². The van der Waals surface area contributed by atoms with Gasteiger partial charge in [0.15, 0.2) is 5.96 Å². The Bertz CT molecular complexity index is 695. The van der Waals surface area contributed by atoms with Gasteiger partial charge in [0.1, 0.15) is 0 Å². The molecule has 2 aliphatic heterocycles. The predicted octanol–water partition coefficient (Wildman–Crippen LogP) is 2.93. The summed E-state index contributed by atoms with van der Waals surface area (Å²) in [4.78, 5) is 18.7. The average molecular weight is 544 g/mol. The number of hydrogen-bond acceptors (Lipinski definition) is 4. The molecule has 0 saturated carbocycles. The molecule has 1 aromatic rings. The van der Waals surface area contributed by atoms with Crippen molar-refractivity contribution in [2.24, 2.45) is 10.9 Å². The van der Waals surface area contributed by atoms with E-state index >= 15 is 0 Å². The first-order chi connectivity index (χ1) is 14.8. The van der Waals surface area contributed by atoms with Gasteiger partial charge in [-0.1, -0.05) is 24.3 Å². The molecule has 2 saturated heterocycles. The van der Waals surface area contributed by atoms with Crippen LogP contribution in [-0.2, 0) is 27.4 Å². The molecule has 7 nitrogen and oxygen atoms in total. The molecule has 174 valence electrons. The number of ether oxygens (including phenoxy) is 2. The van der Waals surface area contributed by atoms with Crippen molar-refractivity contribution >= 4 is 35.8 Å². The molecule has 0 bridgehead atoms. The van der Waals surface area contributed by atoms with E-state index in [2.05, 4.69) is 29.7 Å². The first-order valence-corrected chi connectivity index (χ1v) is 11.3. The first-order valence-electron chi connectivity index (χ1n) is 11.3. The van der Waals surface area contributed by atoms with E-state index in [0.717, 1.165) is 76.8 Å². The third-order valence-corrected chi connectivity index (χ3v) is 5.54. The van der Waals surface area contributed by atoms with Crippen LogP contribution in [0.4, 0.5) is 0 Å². The topological polar surface area (TPSA) is 75.2 Å². The fraction of sp³-hybridized carbons (Fsp3) is 0.652. The Morgan fingerprint density at radius 1 is 1.29 bits per heavy atom. The van der Waals surface area contributed by atoms with Crippen molar-refractivity contribution in [2.45, 2.75) is 45.7 Å². The highest BCUT2D eigenvalue weighted by molar-refractivity contribution is 14.0. The van der Waals surface area contributed by atoms with Crippen molar-refractivity contribution in [2.75, 3.05) is 46.1 Å². The van der Waals surface area contributed by atoms with E-state index in [0.29, 0.717) is 25.4 Å². The summed E-state index contributed by atoms with van der Waals surface area (Å²) in [5, 5.41) is 6.69. The molecular formula is C23H37IN4O3. The highest BCUT2D eigenvalue weighted by atomic mass is 127. The molecule has 3 rings (SSSR count). The van der Waals surface area contributed by atoms with E-state index < -0.39 is 0 Å². The Balaban J connectivity index is 0.00000341. The summed E-state index contributed by atoms with van der Waals surface area (Å²) in [7, 11) is 0. The number of rotatable bonds is 11. The van der Waals surface area contributed by atoms with Crippen molar-refractivity contribution in [3.8, 4) is 0 Å². The Hall–Kier alpha value is -1.39. The molecule has 0 aliphatic carbocycles. The number of amides is 1. The summed E-state index contributed by atoms with van der Waals surface area (Å²) < 4.78 is 11.1. The maximum Gasteiger partial charge on any atom is 0.222 e. The minimum atomic E-state index is 0. The number of nitrogens with zero attached hydrogens (tertiary/aromatic N) is 2. The van der Waals surface area contributed by atoms with E-state index in [9.17, 15) is 4.79 Å². The number of carbonyl (C=O) groups is 1. The Morgan fingerprint density at radius 2 is 2.13 bits per heavy atom. The lowest BCUT2D eigenvalue weighted by molar-refractivity contribution is -0.128. The summed E-state index contributed by atoms with van der Waals surface area (Å²) in [6.45, 7) is 9.07. The zero-order valence-corrected chi connectivity index (χ0v) is 20.9. The number of hydrogen-bond donors (Lipinski definition) is 2. The Morgan fingerprint density at radius 3 is 2.84 bits per heavy atom. The second-order valence-electron chi connectivity index (χ2n) is 7.97. The molecule has 2 N–H and O–H groups in total. The van der Waals surface area contributed by atoms with Gasteiger partial charge < -0.3 is 25.0 Å². The van der Waals surface area contributed by atoms with Crippen molar-refractivity contribution in [1.82, 2.24) is 15.5 Å². The third-order valence-electron chi connectivity index (χ3n) is 5.54. The number of carbonyl (C=O) groups excluding carboxylic acids is 1. The van der Waals surface area contributed by atoms with Crippen LogP contribution in [0, 0.1) is 5.92 Å². The van der Waals surface area contributed by atoms with Crippen LogP contribution in [0.5, 0.6) is 0 Å². The zero-order chi connectivity index (χ0) is 21.0. The third kappa shape index (κ3) is 8.94. The Labute approximate surface area is 203 Å². The number of likely N-dealkylation sites (tertiary alicyclic amines) is 1. The smallest absolute Gasteiger partial charge is 0.222 e. The molecule has 2 fully saturated rings. The van der Waals surface area contributed by atoms with Gasteiger partial charge in [-0.2, -0.15) is 0 Å². The van der Waals surface area contributed by atoms with Gasteiger partial charge in [0.05, 0.1) is 19.8 Å². The number of aliphatic imine (C=N–C) groups is 1. The van der Waals surface area contributed by atoms with Crippen molar-refractivity contribution in [3.05, 3.63) is 35.4 Å². The van der Waals surface area contributed by atoms with Gasteiger partial charge >= 0.3 is 0 Å². The van der Waals surface area contributed by atoms with E-state index in [1.54, 1.807) is 0 Å². The summed E-state index contributed by atoms with van der Waals surface area (Å²) in [6.07, 6.45) is 3.69. The van der Waals surface area contributed by atoms with Crippen molar-refractivity contribution in [3.63, 3.8) is 0 Å². The molecular weight excluding hydrogens is 507 g/mol. The van der Waals surface area contributed by atoms with Gasteiger partial charge in [-0.05, 0) is 37.3 Å². The Kier molecular flexibility index (Phi) is 12.2. The fourth-order valence-electron chi connectivity index (χ4n) is 3.79. The van der Waals surface area contributed by atoms with Crippen LogP contribution in [0.1, 0.15) is 43.7 Å². The summed E-state index contributed by atoms with van der Waals surface area (Å²) in [5.74, 6) is 1.63. The van der Waals surface area contributed by atoms with Gasteiger partial charge in [0.2, 0.25) is 5.91 Å². The number of nitrogens with one attached hydrogen (secondary N) is 2. The average Bonchev–Trinajstić information content (AvgIpc) is 3.41. The highest BCUT2D eigenvalue weighted by Gasteiger charge is 2.20. The van der Waals surface area contributed by atoms with Crippen LogP contribution < -0.4 is 10.6 Å². The lowest BCUT2D eigenvalue weighted by Gasteiger charge is -2.18. The molecule has 31 heavy (non-hydrogen) atoms. The van der Waals surface area contributed by atoms with Crippen LogP contribution in [0.25, 0.3) is 0 Å².